The Hall–Kier alpha value is -1.42. The monoisotopic (exact) mass is 259 g/mol. The zero-order valence-electron chi connectivity index (χ0n) is 10.7. The average molecular weight is 259 g/mol. The molecule has 0 bridgehead atoms. The number of aryl methyl sites for hydroxylation is 1. The van der Waals surface area contributed by atoms with Crippen LogP contribution in [0.2, 0.25) is 0 Å². The summed E-state index contributed by atoms with van der Waals surface area (Å²) in [7, 11) is 0. The van der Waals surface area contributed by atoms with Crippen LogP contribution in [0.15, 0.2) is 35.4 Å². The van der Waals surface area contributed by atoms with Crippen LogP contribution in [0.5, 0.6) is 0 Å². The van der Waals surface area contributed by atoms with Crippen LogP contribution in [0.4, 0.5) is 11.6 Å². The van der Waals surface area contributed by atoms with Gasteiger partial charge in [0.15, 0.2) is 0 Å². The molecule has 1 saturated carbocycles. The normalized spacial score (nSPS) is 14.8. The van der Waals surface area contributed by atoms with Gasteiger partial charge >= 0.3 is 0 Å². The van der Waals surface area contributed by atoms with E-state index >= 15 is 0 Å². The summed E-state index contributed by atoms with van der Waals surface area (Å²) < 4.78 is 2.26. The minimum Gasteiger partial charge on any atom is -0.326 e. The Kier molecular flexibility index (Phi) is 3.04. The van der Waals surface area contributed by atoms with Crippen molar-refractivity contribution in [2.75, 3.05) is 11.6 Å². The predicted octanol–water partition coefficient (Wildman–Crippen LogP) is 3.99. The van der Waals surface area contributed by atoms with Crippen LogP contribution in [0.25, 0.3) is 0 Å². The summed E-state index contributed by atoms with van der Waals surface area (Å²) in [5, 5.41) is 3.43. The van der Waals surface area contributed by atoms with Gasteiger partial charge in [-0.1, -0.05) is 6.07 Å². The molecule has 2 aromatic rings. The lowest BCUT2D eigenvalue weighted by molar-refractivity contribution is 0.750. The molecule has 1 aromatic heterocycles. The Morgan fingerprint density at radius 1 is 1.39 bits per heavy atom. The highest BCUT2D eigenvalue weighted by atomic mass is 32.2. The maximum atomic E-state index is 4.57. The van der Waals surface area contributed by atoms with Crippen molar-refractivity contribution in [1.29, 1.82) is 0 Å². The average Bonchev–Trinajstić information content (AvgIpc) is 3.15. The molecule has 94 valence electrons. The molecule has 0 saturated heterocycles. The van der Waals surface area contributed by atoms with Crippen LogP contribution in [-0.4, -0.2) is 15.8 Å². The number of hydrogen-bond acceptors (Lipinski definition) is 3. The van der Waals surface area contributed by atoms with Gasteiger partial charge in [-0.05, 0) is 44.2 Å². The summed E-state index contributed by atoms with van der Waals surface area (Å²) in [5.74, 6) is 0.966. The van der Waals surface area contributed by atoms with Crippen LogP contribution in [0.3, 0.4) is 0 Å². The number of aromatic nitrogens is 2. The number of anilines is 2. The maximum absolute atomic E-state index is 4.57. The molecule has 3 rings (SSSR count). The number of thioether (sulfide) groups is 1. The zero-order valence-corrected chi connectivity index (χ0v) is 11.5. The second-order valence-corrected chi connectivity index (χ2v) is 5.58. The first-order valence-corrected chi connectivity index (χ1v) is 7.45. The largest absolute Gasteiger partial charge is 0.326 e. The molecule has 0 amide bonds. The van der Waals surface area contributed by atoms with E-state index in [1.54, 1.807) is 11.8 Å². The van der Waals surface area contributed by atoms with E-state index in [0.29, 0.717) is 6.04 Å². The number of benzene rings is 1. The van der Waals surface area contributed by atoms with Crippen molar-refractivity contribution in [3.8, 4) is 0 Å². The minimum atomic E-state index is 0.650. The van der Waals surface area contributed by atoms with Crippen LogP contribution >= 0.6 is 11.8 Å². The minimum absolute atomic E-state index is 0.650. The van der Waals surface area contributed by atoms with Gasteiger partial charge in [0.2, 0.25) is 5.95 Å². The third-order valence-corrected chi connectivity index (χ3v) is 3.84. The van der Waals surface area contributed by atoms with Gasteiger partial charge in [-0.15, -0.1) is 11.8 Å². The van der Waals surface area contributed by atoms with Gasteiger partial charge in [0.05, 0.1) is 5.69 Å². The number of nitrogens with zero attached hydrogens (tertiary/aromatic N) is 2. The fraction of sp³-hybridized carbons (Fsp3) is 0.357. The molecule has 1 aliphatic carbocycles. The molecule has 0 atom stereocenters. The first-order valence-electron chi connectivity index (χ1n) is 6.23. The van der Waals surface area contributed by atoms with E-state index in [-0.39, 0.29) is 0 Å². The van der Waals surface area contributed by atoms with Crippen molar-refractivity contribution in [2.24, 2.45) is 0 Å². The lowest BCUT2D eigenvalue weighted by Crippen LogP contribution is -2.01. The Morgan fingerprint density at radius 3 is 2.94 bits per heavy atom. The van der Waals surface area contributed by atoms with E-state index in [2.05, 4.69) is 51.6 Å². The zero-order chi connectivity index (χ0) is 12.5. The molecule has 18 heavy (non-hydrogen) atoms. The van der Waals surface area contributed by atoms with Crippen LogP contribution in [0.1, 0.15) is 24.6 Å². The molecular weight excluding hydrogens is 242 g/mol. The topological polar surface area (TPSA) is 29.9 Å². The van der Waals surface area contributed by atoms with E-state index < -0.39 is 0 Å². The Morgan fingerprint density at radius 2 is 2.22 bits per heavy atom. The molecule has 0 radical (unpaired) electrons. The van der Waals surface area contributed by atoms with Gasteiger partial charge < -0.3 is 9.88 Å². The third kappa shape index (κ3) is 2.38. The molecular formula is C14H17N3S. The predicted molar refractivity (Wildman–Crippen MR) is 76.7 cm³/mol. The van der Waals surface area contributed by atoms with E-state index in [1.165, 1.54) is 17.7 Å². The first kappa shape index (κ1) is 11.7. The van der Waals surface area contributed by atoms with Gasteiger partial charge in [0.25, 0.3) is 0 Å². The van der Waals surface area contributed by atoms with E-state index in [9.17, 15) is 0 Å². The molecule has 4 heteroatoms. The maximum Gasteiger partial charge on any atom is 0.207 e. The standard InChI is InChI=1S/C14H17N3S/c1-10-9-17(12-6-7-12)14(15-10)16-11-4-3-5-13(8-11)18-2/h3-5,8-9,12H,6-7H2,1-2H3,(H,15,16). The molecule has 0 aliphatic heterocycles. The van der Waals surface area contributed by atoms with Gasteiger partial charge in [0.1, 0.15) is 0 Å². The SMILES string of the molecule is CSc1cccc(Nc2nc(C)cn2C2CC2)c1. The number of rotatable bonds is 4. The molecule has 0 unspecified atom stereocenters. The van der Waals surface area contributed by atoms with Crippen molar-refractivity contribution in [1.82, 2.24) is 9.55 Å². The van der Waals surface area contributed by atoms with Crippen LogP contribution < -0.4 is 5.32 Å². The van der Waals surface area contributed by atoms with Crippen molar-refractivity contribution in [3.63, 3.8) is 0 Å². The Balaban J connectivity index is 1.86. The van der Waals surface area contributed by atoms with Gasteiger partial charge in [-0.25, -0.2) is 4.98 Å². The number of hydrogen-bond donors (Lipinski definition) is 1. The molecule has 1 heterocycles. The molecule has 1 fully saturated rings. The lowest BCUT2D eigenvalue weighted by atomic mass is 10.3. The van der Waals surface area contributed by atoms with Gasteiger partial charge in [0, 0.05) is 22.8 Å². The highest BCUT2D eigenvalue weighted by molar-refractivity contribution is 7.98. The van der Waals surface area contributed by atoms with Crippen LogP contribution in [-0.2, 0) is 0 Å². The van der Waals surface area contributed by atoms with E-state index in [0.717, 1.165) is 17.3 Å². The highest BCUT2D eigenvalue weighted by Crippen LogP contribution is 2.38. The highest BCUT2D eigenvalue weighted by Gasteiger charge is 2.26. The van der Waals surface area contributed by atoms with Crippen molar-refractivity contribution >= 4 is 23.4 Å². The molecule has 1 aromatic carbocycles. The second kappa shape index (κ2) is 4.69. The van der Waals surface area contributed by atoms with Gasteiger partial charge in [-0.3, -0.25) is 0 Å². The Bertz CT molecular complexity index is 558. The smallest absolute Gasteiger partial charge is 0.207 e. The fourth-order valence-electron chi connectivity index (χ4n) is 2.07. The summed E-state index contributed by atoms with van der Waals surface area (Å²) in [6.45, 7) is 2.04. The van der Waals surface area contributed by atoms with E-state index in [1.807, 2.05) is 6.92 Å². The molecule has 3 nitrogen and oxygen atoms in total. The summed E-state index contributed by atoms with van der Waals surface area (Å²) in [5.41, 5.74) is 2.18. The van der Waals surface area contributed by atoms with Crippen LogP contribution in [0, 0.1) is 6.92 Å². The molecule has 1 aliphatic rings. The van der Waals surface area contributed by atoms with Crippen molar-refractivity contribution in [2.45, 2.75) is 30.7 Å². The summed E-state index contributed by atoms with van der Waals surface area (Å²) in [4.78, 5) is 5.83. The van der Waals surface area contributed by atoms with Crippen molar-refractivity contribution in [3.05, 3.63) is 36.2 Å². The first-order chi connectivity index (χ1) is 8.76. The molecule has 1 N–H and O–H groups in total. The molecule has 0 spiro atoms. The second-order valence-electron chi connectivity index (χ2n) is 4.70. The Labute approximate surface area is 112 Å². The lowest BCUT2D eigenvalue weighted by Gasteiger charge is -2.09. The summed E-state index contributed by atoms with van der Waals surface area (Å²) >= 11 is 1.75. The summed E-state index contributed by atoms with van der Waals surface area (Å²) in [6, 6.07) is 9.09. The van der Waals surface area contributed by atoms with Gasteiger partial charge in [-0.2, -0.15) is 0 Å². The third-order valence-electron chi connectivity index (χ3n) is 3.12. The van der Waals surface area contributed by atoms with Crippen molar-refractivity contribution < 1.29 is 0 Å². The fourth-order valence-corrected chi connectivity index (χ4v) is 2.53. The number of imidazole rings is 1. The quantitative estimate of drug-likeness (QED) is 0.842. The number of nitrogens with one attached hydrogen (secondary N) is 1. The van der Waals surface area contributed by atoms with E-state index in [4.69, 9.17) is 0 Å². The summed E-state index contributed by atoms with van der Waals surface area (Å²) in [6.07, 6.45) is 6.78.